The number of sulfonamides is 1. The van der Waals surface area contributed by atoms with E-state index in [-0.39, 0.29) is 21.6 Å². The van der Waals surface area contributed by atoms with Crippen LogP contribution in [0.3, 0.4) is 0 Å². The average Bonchev–Trinajstić information content (AvgIpc) is 2.30. The fourth-order valence-electron chi connectivity index (χ4n) is 1.42. The first-order chi connectivity index (χ1) is 9.29. The van der Waals surface area contributed by atoms with Crippen molar-refractivity contribution in [2.75, 3.05) is 10.5 Å². The fourth-order valence-corrected chi connectivity index (χ4v) is 4.59. The zero-order valence-electron chi connectivity index (χ0n) is 9.64. The van der Waals surface area contributed by atoms with Crippen LogP contribution in [0.4, 0.5) is 11.5 Å². The van der Waals surface area contributed by atoms with Crippen molar-refractivity contribution in [1.82, 2.24) is 10.2 Å². The summed E-state index contributed by atoms with van der Waals surface area (Å²) in [6.45, 7) is 0. The molecule has 1 aromatic heterocycles. The Morgan fingerprint density at radius 3 is 2.45 bits per heavy atom. The van der Waals surface area contributed by atoms with Gasteiger partial charge in [-0.25, -0.2) is 8.42 Å². The number of benzene rings is 1. The summed E-state index contributed by atoms with van der Waals surface area (Å²) in [5, 5.41) is 7.35. The second kappa shape index (κ2) is 5.84. The molecule has 2 aromatic rings. The molecule has 3 N–H and O–H groups in total. The summed E-state index contributed by atoms with van der Waals surface area (Å²) < 4.78 is 27.9. The molecule has 1 heterocycles. The molecule has 20 heavy (non-hydrogen) atoms. The highest BCUT2D eigenvalue weighted by molar-refractivity contribution is 9.11. The molecule has 0 bridgehead atoms. The molecule has 0 aliphatic heterocycles. The van der Waals surface area contributed by atoms with E-state index in [1.165, 1.54) is 18.2 Å². The largest absolute Gasteiger partial charge is 0.398 e. The van der Waals surface area contributed by atoms with Gasteiger partial charge >= 0.3 is 0 Å². The minimum absolute atomic E-state index is 0.0450. The molecule has 0 spiro atoms. The van der Waals surface area contributed by atoms with Gasteiger partial charge in [-0.05, 0) is 40.2 Å². The third-order valence-electron chi connectivity index (χ3n) is 2.18. The van der Waals surface area contributed by atoms with Gasteiger partial charge in [-0.2, -0.15) is 0 Å². The summed E-state index contributed by atoms with van der Waals surface area (Å²) >= 11 is 12.0. The van der Waals surface area contributed by atoms with Crippen molar-refractivity contribution in [2.45, 2.75) is 4.90 Å². The molecule has 0 atom stereocenters. The second-order valence-corrected chi connectivity index (χ2v) is 7.43. The van der Waals surface area contributed by atoms with Gasteiger partial charge in [-0.15, -0.1) is 10.2 Å². The van der Waals surface area contributed by atoms with Crippen LogP contribution in [0.25, 0.3) is 0 Å². The van der Waals surface area contributed by atoms with Gasteiger partial charge in [0, 0.05) is 8.95 Å². The van der Waals surface area contributed by atoms with E-state index < -0.39 is 10.0 Å². The van der Waals surface area contributed by atoms with Crippen LogP contribution >= 0.6 is 43.5 Å². The van der Waals surface area contributed by atoms with Crippen molar-refractivity contribution >= 4 is 65.0 Å². The first-order valence-electron chi connectivity index (χ1n) is 5.06. The molecule has 6 nitrogen and oxygen atoms in total. The Morgan fingerprint density at radius 2 is 1.90 bits per heavy atom. The highest BCUT2D eigenvalue weighted by Gasteiger charge is 2.22. The van der Waals surface area contributed by atoms with Crippen molar-refractivity contribution < 1.29 is 8.42 Å². The molecule has 1 aromatic carbocycles. The Bertz CT molecular complexity index is 729. The predicted octanol–water partition coefficient (Wildman–Crippen LogP) is 3.04. The van der Waals surface area contributed by atoms with Gasteiger partial charge in [0.15, 0.2) is 11.0 Å². The molecule has 10 heteroatoms. The maximum absolute atomic E-state index is 12.3. The van der Waals surface area contributed by atoms with Crippen LogP contribution in [0.5, 0.6) is 0 Å². The molecule has 0 saturated carbocycles. The molecule has 0 saturated heterocycles. The van der Waals surface area contributed by atoms with Gasteiger partial charge in [0.05, 0.1) is 5.69 Å². The SMILES string of the molecule is Nc1cc(Br)cc(Br)c1S(=O)(=O)Nc1ccc(Cl)nn1. The first kappa shape index (κ1) is 15.5. The maximum atomic E-state index is 12.3. The van der Waals surface area contributed by atoms with Crippen molar-refractivity contribution in [3.63, 3.8) is 0 Å². The molecule has 106 valence electrons. The van der Waals surface area contributed by atoms with Crippen LogP contribution in [0, 0.1) is 0 Å². The van der Waals surface area contributed by atoms with Crippen LogP contribution in [-0.2, 0) is 10.0 Å². The number of aromatic nitrogens is 2. The van der Waals surface area contributed by atoms with Crippen LogP contribution in [0.2, 0.25) is 5.15 Å². The molecule has 0 aliphatic carbocycles. The number of anilines is 2. The number of halogens is 3. The van der Waals surface area contributed by atoms with E-state index in [2.05, 4.69) is 46.8 Å². The minimum atomic E-state index is -3.89. The fraction of sp³-hybridized carbons (Fsp3) is 0. The van der Waals surface area contributed by atoms with Crippen LogP contribution < -0.4 is 10.5 Å². The smallest absolute Gasteiger partial charge is 0.266 e. The average molecular weight is 443 g/mol. The zero-order valence-corrected chi connectivity index (χ0v) is 14.4. The summed E-state index contributed by atoms with van der Waals surface area (Å²) in [7, 11) is -3.89. The second-order valence-electron chi connectivity index (χ2n) is 3.65. The lowest BCUT2D eigenvalue weighted by Crippen LogP contribution is -2.16. The van der Waals surface area contributed by atoms with Crippen LogP contribution in [0.15, 0.2) is 38.1 Å². The van der Waals surface area contributed by atoms with E-state index in [0.717, 1.165) is 0 Å². The first-order valence-corrected chi connectivity index (χ1v) is 8.51. The summed E-state index contributed by atoms with van der Waals surface area (Å²) in [4.78, 5) is -0.0718. The van der Waals surface area contributed by atoms with Crippen LogP contribution in [0.1, 0.15) is 0 Å². The van der Waals surface area contributed by atoms with Crippen LogP contribution in [-0.4, -0.2) is 18.6 Å². The summed E-state index contributed by atoms with van der Waals surface area (Å²) in [6.07, 6.45) is 0. The van der Waals surface area contributed by atoms with Crippen molar-refractivity contribution in [3.8, 4) is 0 Å². The summed E-state index contributed by atoms with van der Waals surface area (Å²) in [5.41, 5.74) is 5.85. The number of nitrogen functional groups attached to an aromatic ring is 1. The summed E-state index contributed by atoms with van der Waals surface area (Å²) in [5.74, 6) is 0.0450. The quantitative estimate of drug-likeness (QED) is 0.712. The Kier molecular flexibility index (Phi) is 4.52. The Labute approximate surface area is 137 Å². The van der Waals surface area contributed by atoms with Gasteiger partial charge < -0.3 is 5.73 Å². The normalized spacial score (nSPS) is 11.3. The highest BCUT2D eigenvalue weighted by Crippen LogP contribution is 2.32. The molecular weight excluding hydrogens is 435 g/mol. The van der Waals surface area contributed by atoms with Gasteiger partial charge in [0.1, 0.15) is 4.90 Å². The Hall–Kier alpha value is -0.900. The van der Waals surface area contributed by atoms with Gasteiger partial charge in [0.2, 0.25) is 0 Å². The van der Waals surface area contributed by atoms with E-state index in [0.29, 0.717) is 8.95 Å². The third-order valence-corrected chi connectivity index (χ3v) is 5.19. The maximum Gasteiger partial charge on any atom is 0.266 e. The molecule has 0 unspecified atom stereocenters. The lowest BCUT2D eigenvalue weighted by molar-refractivity contribution is 0.601. The highest BCUT2D eigenvalue weighted by atomic mass is 79.9. The number of nitrogens with two attached hydrogens (primary N) is 1. The number of nitrogens with one attached hydrogen (secondary N) is 1. The predicted molar refractivity (Wildman–Crippen MR) is 84.1 cm³/mol. The van der Waals surface area contributed by atoms with E-state index in [1.54, 1.807) is 6.07 Å². The topological polar surface area (TPSA) is 98.0 Å². The van der Waals surface area contributed by atoms with Gasteiger partial charge in [-0.3, -0.25) is 4.72 Å². The van der Waals surface area contributed by atoms with E-state index >= 15 is 0 Å². The van der Waals surface area contributed by atoms with Gasteiger partial charge in [0.25, 0.3) is 10.0 Å². The third kappa shape index (κ3) is 3.40. The van der Waals surface area contributed by atoms with Crippen molar-refractivity contribution in [1.29, 1.82) is 0 Å². The number of hydrogen-bond acceptors (Lipinski definition) is 5. The monoisotopic (exact) mass is 440 g/mol. The van der Waals surface area contributed by atoms with Crippen molar-refractivity contribution in [2.24, 2.45) is 0 Å². The van der Waals surface area contributed by atoms with E-state index in [9.17, 15) is 8.42 Å². The van der Waals surface area contributed by atoms with E-state index in [4.69, 9.17) is 17.3 Å². The lowest BCUT2D eigenvalue weighted by Gasteiger charge is -2.11. The number of rotatable bonds is 3. The van der Waals surface area contributed by atoms with Crippen molar-refractivity contribution in [3.05, 3.63) is 38.4 Å². The zero-order chi connectivity index (χ0) is 14.9. The number of nitrogens with zero attached hydrogens (tertiary/aromatic N) is 2. The minimum Gasteiger partial charge on any atom is -0.398 e. The Morgan fingerprint density at radius 1 is 1.20 bits per heavy atom. The summed E-state index contributed by atoms with van der Waals surface area (Å²) in [6, 6.07) is 5.90. The lowest BCUT2D eigenvalue weighted by atomic mass is 10.3. The standard InChI is InChI=1S/C10H7Br2ClN4O2S/c11-5-3-6(12)10(7(14)4-5)20(18,19)17-9-2-1-8(13)15-16-9/h1-4H,14H2,(H,16,17). The number of hydrogen-bond donors (Lipinski definition) is 2. The molecule has 2 rings (SSSR count). The molecule has 0 fully saturated rings. The molecular formula is C10H7Br2ClN4O2S. The van der Waals surface area contributed by atoms with E-state index in [1.807, 2.05) is 0 Å². The molecule has 0 amide bonds. The molecule has 0 aliphatic rings. The molecule has 0 radical (unpaired) electrons. The Balaban J connectivity index is 2.43. The van der Waals surface area contributed by atoms with Gasteiger partial charge in [-0.1, -0.05) is 27.5 Å².